The fourth-order valence-electron chi connectivity index (χ4n) is 11.5. The summed E-state index contributed by atoms with van der Waals surface area (Å²) in [4.78, 5) is 0. The molecule has 9 aromatic rings. The molecule has 6 aromatic carbocycles. The van der Waals surface area contributed by atoms with Gasteiger partial charge in [-0.1, -0.05) is 111 Å². The highest BCUT2D eigenvalue weighted by atomic mass is 16.3. The number of allylic oxidation sites excluding steroid dienone is 9. The molecule has 1 atom stereocenters. The van der Waals surface area contributed by atoms with Crippen molar-refractivity contribution in [2.24, 2.45) is 0 Å². The summed E-state index contributed by atoms with van der Waals surface area (Å²) in [7, 11) is 0. The van der Waals surface area contributed by atoms with Crippen molar-refractivity contribution in [1.29, 1.82) is 0 Å². The molecule has 294 valence electrons. The standard InChI is InChI=1S/C58H46N2O/c1-58(2)50-22-11-9-20-42(50)44-32-47-45-30-38(24-26-52(45)59(54(47)34-51(44)58)40-17-7-4-8-18-40)39-25-27-53-46(31-39)48-33-49-43-21-10-12-23-56(43)61-57(49)35-55(48)60(53)41-19-13-16-37(29-41)28-36-14-5-3-6-15-36/h3-8,11-18,22-27,29-35,41H,9-10,19-21,28H2,1-2H3. The number of aryl methyl sites for hydroxylation is 1. The van der Waals surface area contributed by atoms with Crippen LogP contribution in [0.25, 0.3) is 83.0 Å². The molecule has 0 spiro atoms. The van der Waals surface area contributed by atoms with E-state index in [1.807, 2.05) is 0 Å². The molecular weight excluding hydrogens is 741 g/mol. The molecule has 0 saturated heterocycles. The van der Waals surface area contributed by atoms with Gasteiger partial charge in [-0.15, -0.1) is 0 Å². The van der Waals surface area contributed by atoms with Gasteiger partial charge in [-0.05, 0) is 144 Å². The third-order valence-corrected chi connectivity index (χ3v) is 14.4. The molecule has 0 aliphatic heterocycles. The molecule has 3 nitrogen and oxygen atoms in total. The Labute approximate surface area is 355 Å². The number of nitrogens with zero attached hydrogens (tertiary/aromatic N) is 2. The molecule has 0 saturated carbocycles. The highest BCUT2D eigenvalue weighted by Crippen LogP contribution is 2.52. The average molecular weight is 787 g/mol. The Balaban J connectivity index is 1.01. The van der Waals surface area contributed by atoms with Gasteiger partial charge in [0.25, 0.3) is 0 Å². The van der Waals surface area contributed by atoms with E-state index in [1.165, 1.54) is 105 Å². The largest absolute Gasteiger partial charge is 0.456 e. The summed E-state index contributed by atoms with van der Waals surface area (Å²) in [6.45, 7) is 4.81. The SMILES string of the molecule is CC1(C)C2=C(CCC=C2)c2cc3c4cc(-c5ccc6c(c5)c5cc7c8c(oc7cc5n6C5C=C(Cc6ccccc6)C=CC5)C=CCC8)ccc4n(-c4ccccc4)c3cc21. The molecular formula is C58H46N2O. The van der Waals surface area contributed by atoms with Crippen molar-refractivity contribution in [2.45, 2.75) is 63.8 Å². The predicted molar refractivity (Wildman–Crippen MR) is 256 cm³/mol. The van der Waals surface area contributed by atoms with Crippen molar-refractivity contribution >= 4 is 66.2 Å². The Hall–Kier alpha value is -6.84. The topological polar surface area (TPSA) is 23.0 Å². The van der Waals surface area contributed by atoms with Gasteiger partial charge in [-0.2, -0.15) is 0 Å². The van der Waals surface area contributed by atoms with Crippen LogP contribution < -0.4 is 0 Å². The van der Waals surface area contributed by atoms with Crippen molar-refractivity contribution < 1.29 is 4.42 Å². The summed E-state index contributed by atoms with van der Waals surface area (Å²) in [6, 6.07) is 46.1. The Morgan fingerprint density at radius 2 is 1.34 bits per heavy atom. The van der Waals surface area contributed by atoms with E-state index < -0.39 is 0 Å². The van der Waals surface area contributed by atoms with E-state index in [9.17, 15) is 0 Å². The normalized spacial score (nSPS) is 17.9. The predicted octanol–water partition coefficient (Wildman–Crippen LogP) is 15.3. The third kappa shape index (κ3) is 5.23. The molecule has 1 unspecified atom stereocenters. The molecule has 0 amide bonds. The molecule has 0 N–H and O–H groups in total. The maximum atomic E-state index is 6.57. The lowest BCUT2D eigenvalue weighted by atomic mass is 9.80. The van der Waals surface area contributed by atoms with Crippen LogP contribution in [0.2, 0.25) is 0 Å². The second kappa shape index (κ2) is 13.1. The van der Waals surface area contributed by atoms with Crippen LogP contribution in [0.3, 0.4) is 0 Å². The fourth-order valence-corrected chi connectivity index (χ4v) is 11.5. The Kier molecular flexibility index (Phi) is 7.50. The van der Waals surface area contributed by atoms with Gasteiger partial charge in [0.15, 0.2) is 0 Å². The zero-order valence-corrected chi connectivity index (χ0v) is 34.7. The summed E-state index contributed by atoms with van der Waals surface area (Å²) in [5.74, 6) is 1.01. The van der Waals surface area contributed by atoms with Crippen molar-refractivity contribution in [2.75, 3.05) is 0 Å². The van der Waals surface area contributed by atoms with Crippen molar-refractivity contribution in [3.63, 3.8) is 0 Å². The van der Waals surface area contributed by atoms with Gasteiger partial charge in [-0.25, -0.2) is 0 Å². The molecule has 0 fully saturated rings. The molecule has 3 aromatic heterocycles. The van der Waals surface area contributed by atoms with Crippen LogP contribution in [0.15, 0.2) is 173 Å². The summed E-state index contributed by atoms with van der Waals surface area (Å²) in [5, 5.41) is 6.45. The number of hydrogen-bond donors (Lipinski definition) is 0. The summed E-state index contributed by atoms with van der Waals surface area (Å²) in [6.07, 6.45) is 22.5. The second-order valence-corrected chi connectivity index (χ2v) is 18.2. The first-order valence-corrected chi connectivity index (χ1v) is 22.2. The van der Waals surface area contributed by atoms with Gasteiger partial charge in [0.05, 0.1) is 22.6 Å². The van der Waals surface area contributed by atoms with E-state index in [1.54, 1.807) is 0 Å². The first-order valence-electron chi connectivity index (χ1n) is 22.2. The zero-order chi connectivity index (χ0) is 40.4. The van der Waals surface area contributed by atoms with Gasteiger partial charge >= 0.3 is 0 Å². The number of fused-ring (bicyclic) bond motifs is 11. The third-order valence-electron chi connectivity index (χ3n) is 14.4. The number of rotatable bonds is 5. The van der Waals surface area contributed by atoms with E-state index >= 15 is 0 Å². The molecule has 3 heterocycles. The summed E-state index contributed by atoms with van der Waals surface area (Å²) >= 11 is 0. The second-order valence-electron chi connectivity index (χ2n) is 18.2. The van der Waals surface area contributed by atoms with Crippen LogP contribution in [0.1, 0.15) is 73.6 Å². The van der Waals surface area contributed by atoms with Gasteiger partial charge in [0, 0.05) is 55.2 Å². The molecule has 3 heteroatoms. The molecule has 0 bridgehead atoms. The lowest BCUT2D eigenvalue weighted by molar-refractivity contribution is 0.595. The minimum absolute atomic E-state index is 0.0291. The van der Waals surface area contributed by atoms with Crippen LogP contribution in [-0.2, 0) is 18.3 Å². The molecule has 13 rings (SSSR count). The first-order chi connectivity index (χ1) is 30.0. The number of para-hydroxylation sites is 1. The van der Waals surface area contributed by atoms with E-state index in [0.717, 1.165) is 49.9 Å². The number of furan rings is 1. The number of aromatic nitrogens is 2. The van der Waals surface area contributed by atoms with Crippen molar-refractivity contribution in [3.05, 3.63) is 197 Å². The zero-order valence-electron chi connectivity index (χ0n) is 34.7. The van der Waals surface area contributed by atoms with Crippen molar-refractivity contribution in [3.8, 4) is 16.8 Å². The van der Waals surface area contributed by atoms with E-state index in [-0.39, 0.29) is 11.5 Å². The summed E-state index contributed by atoms with van der Waals surface area (Å²) in [5.41, 5.74) is 19.6. The van der Waals surface area contributed by atoms with E-state index in [4.69, 9.17) is 4.42 Å². The molecule has 61 heavy (non-hydrogen) atoms. The van der Waals surface area contributed by atoms with Crippen LogP contribution in [-0.4, -0.2) is 9.13 Å². The highest BCUT2D eigenvalue weighted by Gasteiger charge is 2.38. The fraction of sp³-hybridized carbons (Fsp3) is 0.172. The Bertz CT molecular complexity index is 3480. The number of benzene rings is 6. The van der Waals surface area contributed by atoms with Gasteiger partial charge in [0.1, 0.15) is 11.3 Å². The average Bonchev–Trinajstić information content (AvgIpc) is 4.00. The Morgan fingerprint density at radius 1 is 0.623 bits per heavy atom. The smallest absolute Gasteiger partial charge is 0.137 e. The lowest BCUT2D eigenvalue weighted by Gasteiger charge is -2.24. The van der Waals surface area contributed by atoms with Gasteiger partial charge < -0.3 is 13.6 Å². The number of hydrogen-bond acceptors (Lipinski definition) is 1. The highest BCUT2D eigenvalue weighted by molar-refractivity contribution is 6.15. The lowest BCUT2D eigenvalue weighted by Crippen LogP contribution is -2.16. The monoisotopic (exact) mass is 786 g/mol. The van der Waals surface area contributed by atoms with Crippen LogP contribution in [0, 0.1) is 0 Å². The maximum absolute atomic E-state index is 6.57. The maximum Gasteiger partial charge on any atom is 0.137 e. The molecule has 4 aliphatic rings. The van der Waals surface area contributed by atoms with E-state index in [0.29, 0.717) is 0 Å². The molecule has 0 radical (unpaired) electrons. The van der Waals surface area contributed by atoms with Gasteiger partial charge in [0.2, 0.25) is 0 Å². The minimum Gasteiger partial charge on any atom is -0.456 e. The molecule has 4 aliphatic carbocycles. The van der Waals surface area contributed by atoms with Crippen molar-refractivity contribution in [1.82, 2.24) is 9.13 Å². The minimum atomic E-state index is -0.0291. The van der Waals surface area contributed by atoms with Crippen LogP contribution in [0.4, 0.5) is 0 Å². The summed E-state index contributed by atoms with van der Waals surface area (Å²) < 4.78 is 11.6. The van der Waals surface area contributed by atoms with E-state index in [2.05, 4.69) is 187 Å². The van der Waals surface area contributed by atoms with Gasteiger partial charge in [-0.3, -0.25) is 0 Å². The Morgan fingerprint density at radius 3 is 2.18 bits per heavy atom. The first kappa shape index (κ1) is 35.0. The van der Waals surface area contributed by atoms with Crippen LogP contribution >= 0.6 is 0 Å². The van der Waals surface area contributed by atoms with Crippen LogP contribution in [0.5, 0.6) is 0 Å². The quantitative estimate of drug-likeness (QED) is 0.170.